The molecule has 1 aliphatic heterocycles. The highest BCUT2D eigenvalue weighted by Crippen LogP contribution is 2.35. The number of nitrogens with zero attached hydrogens (tertiary/aromatic N) is 4. The van der Waals surface area contributed by atoms with E-state index in [2.05, 4.69) is 20.3 Å². The molecule has 0 atom stereocenters. The third-order valence-electron chi connectivity index (χ3n) is 6.47. The molecule has 40 heavy (non-hydrogen) atoms. The van der Waals surface area contributed by atoms with Crippen LogP contribution >= 0.6 is 0 Å². The van der Waals surface area contributed by atoms with Crippen LogP contribution in [0.5, 0.6) is 0 Å². The predicted molar refractivity (Wildman–Crippen MR) is 145 cm³/mol. The lowest BCUT2D eigenvalue weighted by Crippen LogP contribution is -2.45. The molecule has 0 aliphatic carbocycles. The van der Waals surface area contributed by atoms with Crippen LogP contribution in [0.3, 0.4) is 0 Å². The molecule has 0 saturated carbocycles. The Balaban J connectivity index is 1.37. The van der Waals surface area contributed by atoms with Gasteiger partial charge >= 0.3 is 6.03 Å². The summed E-state index contributed by atoms with van der Waals surface area (Å²) in [6, 6.07) is 15.8. The van der Waals surface area contributed by atoms with Gasteiger partial charge in [0.1, 0.15) is 5.82 Å². The van der Waals surface area contributed by atoms with E-state index in [0.29, 0.717) is 53.8 Å². The zero-order chi connectivity index (χ0) is 28.3. The number of hydrogen-bond donors (Lipinski definition) is 3. The molecule has 3 heterocycles. The average molecular weight is 546 g/mol. The van der Waals surface area contributed by atoms with Crippen molar-refractivity contribution in [2.45, 2.75) is 13.2 Å². The number of H-pyrrole nitrogens is 1. The molecule has 5 rings (SSSR count). The standard InChI is InChI=1S/C28H28FN7O4/c1-28(14-32-24(37)18-6-4-3-5-7-18)15-39-25(40-16-28)23-34-21(17-8-10-19(29)11-9-17)22(35-23)20-12-13-31-27(33-20)36(2)26(30)38/h3-13,25H,14-16H2,1-2H3,(H2,30,38)(H,32,37)(H,34,35). The number of halogens is 1. The van der Waals surface area contributed by atoms with Gasteiger partial charge in [0, 0.05) is 36.3 Å². The van der Waals surface area contributed by atoms with Gasteiger partial charge in [-0.25, -0.2) is 24.1 Å². The van der Waals surface area contributed by atoms with E-state index < -0.39 is 17.7 Å². The third-order valence-corrected chi connectivity index (χ3v) is 6.47. The van der Waals surface area contributed by atoms with Crippen molar-refractivity contribution in [1.82, 2.24) is 25.3 Å². The Labute approximate surface area is 229 Å². The molecule has 2 aromatic carbocycles. The van der Waals surface area contributed by atoms with Gasteiger partial charge < -0.3 is 25.5 Å². The van der Waals surface area contributed by atoms with Crippen LogP contribution in [0.1, 0.15) is 29.4 Å². The fourth-order valence-corrected chi connectivity index (χ4v) is 4.14. The number of anilines is 1. The molecular formula is C28H28FN7O4. The fraction of sp³-hybridized carbons (Fsp3) is 0.250. The van der Waals surface area contributed by atoms with Crippen molar-refractivity contribution < 1.29 is 23.5 Å². The number of imidazole rings is 1. The number of carbonyl (C=O) groups is 2. The summed E-state index contributed by atoms with van der Waals surface area (Å²) in [7, 11) is 1.46. The minimum atomic E-state index is -0.819. The summed E-state index contributed by atoms with van der Waals surface area (Å²) in [5, 5.41) is 2.94. The van der Waals surface area contributed by atoms with E-state index in [-0.39, 0.29) is 17.7 Å². The van der Waals surface area contributed by atoms with Gasteiger partial charge in [-0.1, -0.05) is 25.1 Å². The molecule has 0 unspecified atom stereocenters. The molecule has 4 aromatic rings. The number of urea groups is 1. The highest BCUT2D eigenvalue weighted by atomic mass is 19.1. The number of aromatic nitrogens is 4. The first-order valence-corrected chi connectivity index (χ1v) is 12.5. The molecule has 0 bridgehead atoms. The molecule has 12 heteroatoms. The summed E-state index contributed by atoms with van der Waals surface area (Å²) in [6.45, 7) is 2.92. The number of carbonyl (C=O) groups excluding carboxylic acids is 2. The number of primary amides is 1. The maximum Gasteiger partial charge on any atom is 0.321 e. The summed E-state index contributed by atoms with van der Waals surface area (Å²) in [6.07, 6.45) is 0.676. The van der Waals surface area contributed by atoms with E-state index in [0.717, 1.165) is 4.90 Å². The number of rotatable bonds is 7. The number of ether oxygens (including phenoxy) is 2. The molecule has 1 saturated heterocycles. The Kier molecular flexibility index (Phi) is 7.54. The Hall–Kier alpha value is -4.68. The van der Waals surface area contributed by atoms with Crippen LogP contribution in [0.25, 0.3) is 22.6 Å². The van der Waals surface area contributed by atoms with Gasteiger partial charge in [-0.15, -0.1) is 0 Å². The average Bonchev–Trinajstić information content (AvgIpc) is 3.42. The quantitative estimate of drug-likeness (QED) is 0.321. The van der Waals surface area contributed by atoms with Crippen molar-refractivity contribution in [1.29, 1.82) is 0 Å². The first-order chi connectivity index (χ1) is 19.2. The Morgan fingerprint density at radius 2 is 1.80 bits per heavy atom. The van der Waals surface area contributed by atoms with Gasteiger partial charge in [0.25, 0.3) is 5.91 Å². The molecule has 3 amide bonds. The maximum atomic E-state index is 13.7. The van der Waals surface area contributed by atoms with Crippen LogP contribution in [0.15, 0.2) is 66.9 Å². The van der Waals surface area contributed by atoms with Crippen molar-refractivity contribution >= 4 is 17.9 Å². The first-order valence-electron chi connectivity index (χ1n) is 12.5. The molecule has 1 fully saturated rings. The van der Waals surface area contributed by atoms with E-state index in [1.165, 1.54) is 25.4 Å². The van der Waals surface area contributed by atoms with Crippen molar-refractivity contribution in [2.75, 3.05) is 31.7 Å². The first kappa shape index (κ1) is 26.9. The summed E-state index contributed by atoms with van der Waals surface area (Å²) >= 11 is 0. The third kappa shape index (κ3) is 5.82. The fourth-order valence-electron chi connectivity index (χ4n) is 4.14. The second-order valence-corrected chi connectivity index (χ2v) is 9.80. The number of hydrogen-bond acceptors (Lipinski definition) is 7. The minimum Gasteiger partial charge on any atom is -0.351 e. The molecular weight excluding hydrogens is 517 g/mol. The monoisotopic (exact) mass is 545 g/mol. The van der Waals surface area contributed by atoms with Crippen LogP contribution < -0.4 is 16.0 Å². The van der Waals surface area contributed by atoms with Gasteiger partial charge in [-0.3, -0.25) is 9.69 Å². The molecule has 0 radical (unpaired) electrons. The van der Waals surface area contributed by atoms with Crippen LogP contribution in [0.4, 0.5) is 15.1 Å². The SMILES string of the molecule is CN(C(N)=O)c1nccc(-c2[nH]c(C3OCC(C)(CNC(=O)c4ccccc4)CO3)nc2-c2ccc(F)cc2)n1. The Morgan fingerprint density at radius 1 is 1.10 bits per heavy atom. The van der Waals surface area contributed by atoms with Gasteiger partial charge in [-0.2, -0.15) is 0 Å². The largest absolute Gasteiger partial charge is 0.351 e. The lowest BCUT2D eigenvalue weighted by atomic mass is 9.92. The highest BCUT2D eigenvalue weighted by Gasteiger charge is 2.35. The van der Waals surface area contributed by atoms with E-state index in [9.17, 15) is 14.0 Å². The number of benzene rings is 2. The van der Waals surface area contributed by atoms with E-state index >= 15 is 0 Å². The van der Waals surface area contributed by atoms with Crippen LogP contribution in [-0.4, -0.2) is 58.7 Å². The van der Waals surface area contributed by atoms with Crippen molar-refractivity contribution in [3.63, 3.8) is 0 Å². The number of nitrogens with two attached hydrogens (primary N) is 1. The van der Waals surface area contributed by atoms with E-state index in [4.69, 9.17) is 20.2 Å². The molecule has 1 aliphatic rings. The minimum absolute atomic E-state index is 0.102. The number of aromatic amines is 1. The Bertz CT molecular complexity index is 1500. The van der Waals surface area contributed by atoms with Crippen molar-refractivity contribution in [3.05, 3.63) is 84.1 Å². The van der Waals surface area contributed by atoms with Crippen LogP contribution in [-0.2, 0) is 9.47 Å². The van der Waals surface area contributed by atoms with Crippen molar-refractivity contribution in [2.24, 2.45) is 11.1 Å². The van der Waals surface area contributed by atoms with Gasteiger partial charge in [-0.05, 0) is 42.5 Å². The zero-order valence-electron chi connectivity index (χ0n) is 21.9. The molecule has 4 N–H and O–H groups in total. The molecule has 206 valence electrons. The van der Waals surface area contributed by atoms with Crippen LogP contribution in [0.2, 0.25) is 0 Å². The van der Waals surface area contributed by atoms with E-state index in [1.807, 2.05) is 25.1 Å². The molecule has 0 spiro atoms. The van der Waals surface area contributed by atoms with Crippen molar-refractivity contribution in [3.8, 4) is 22.6 Å². The normalized spacial score (nSPS) is 18.7. The second kappa shape index (κ2) is 11.2. The van der Waals surface area contributed by atoms with Crippen LogP contribution in [0, 0.1) is 11.2 Å². The number of amides is 3. The maximum absolute atomic E-state index is 13.7. The zero-order valence-corrected chi connectivity index (χ0v) is 21.9. The summed E-state index contributed by atoms with van der Waals surface area (Å²) in [5.41, 5.74) is 7.54. The lowest BCUT2D eigenvalue weighted by Gasteiger charge is -2.36. The molecule has 2 aromatic heterocycles. The molecule has 11 nitrogen and oxygen atoms in total. The smallest absolute Gasteiger partial charge is 0.321 e. The van der Waals surface area contributed by atoms with Gasteiger partial charge in [0.2, 0.25) is 12.2 Å². The summed E-state index contributed by atoms with van der Waals surface area (Å²) in [5.74, 6) is -0.0707. The highest BCUT2D eigenvalue weighted by molar-refractivity contribution is 5.94. The van der Waals surface area contributed by atoms with Gasteiger partial charge in [0.15, 0.2) is 5.82 Å². The summed E-state index contributed by atoms with van der Waals surface area (Å²) < 4.78 is 25.7. The topological polar surface area (TPSA) is 148 Å². The summed E-state index contributed by atoms with van der Waals surface area (Å²) in [4.78, 5) is 41.8. The second-order valence-electron chi connectivity index (χ2n) is 9.80. The Morgan fingerprint density at radius 3 is 2.48 bits per heavy atom. The predicted octanol–water partition coefficient (Wildman–Crippen LogP) is 3.67. The van der Waals surface area contributed by atoms with E-state index in [1.54, 1.807) is 30.3 Å². The number of nitrogens with one attached hydrogen (secondary N) is 2. The van der Waals surface area contributed by atoms with Gasteiger partial charge in [0.05, 0.1) is 30.3 Å². The lowest BCUT2D eigenvalue weighted by molar-refractivity contribution is -0.231.